The number of imidazole rings is 1. The number of para-hydroxylation sites is 1. The summed E-state index contributed by atoms with van der Waals surface area (Å²) in [5, 5.41) is 2.31. The van der Waals surface area contributed by atoms with Gasteiger partial charge in [0.1, 0.15) is 5.58 Å². The first kappa shape index (κ1) is 20.6. The first-order chi connectivity index (χ1) is 15.6. The molecule has 0 N–H and O–H groups in total. The summed E-state index contributed by atoms with van der Waals surface area (Å²) in [5.41, 5.74) is 4.53. The zero-order valence-corrected chi connectivity index (χ0v) is 18.9. The molecule has 0 unspecified atom stereocenters. The van der Waals surface area contributed by atoms with E-state index in [9.17, 15) is 4.79 Å². The van der Waals surface area contributed by atoms with Gasteiger partial charge in [0, 0.05) is 28.0 Å². The van der Waals surface area contributed by atoms with E-state index < -0.39 is 5.63 Å². The van der Waals surface area contributed by atoms with E-state index >= 15 is 0 Å². The van der Waals surface area contributed by atoms with Gasteiger partial charge in [0.25, 0.3) is 0 Å². The molecule has 158 valence electrons. The molecule has 0 fully saturated rings. The Morgan fingerprint density at radius 2 is 1.81 bits per heavy atom. The molecule has 2 heterocycles. The molecular formula is C26H19ClN2O2S. The predicted molar refractivity (Wildman–Crippen MR) is 131 cm³/mol. The van der Waals surface area contributed by atoms with Crippen molar-refractivity contribution in [1.82, 2.24) is 9.55 Å². The van der Waals surface area contributed by atoms with Crippen molar-refractivity contribution in [3.8, 4) is 16.9 Å². The van der Waals surface area contributed by atoms with Crippen molar-refractivity contribution in [2.24, 2.45) is 0 Å². The molecule has 5 rings (SSSR count). The zero-order chi connectivity index (χ0) is 22.1. The largest absolute Gasteiger partial charge is 0.422 e. The van der Waals surface area contributed by atoms with Crippen molar-refractivity contribution in [3.63, 3.8) is 0 Å². The molecule has 0 radical (unpaired) electrons. The van der Waals surface area contributed by atoms with Crippen LogP contribution in [0.5, 0.6) is 0 Å². The van der Waals surface area contributed by atoms with Crippen molar-refractivity contribution < 1.29 is 4.42 Å². The number of hydrogen-bond acceptors (Lipinski definition) is 4. The van der Waals surface area contributed by atoms with E-state index in [4.69, 9.17) is 21.0 Å². The molecule has 0 spiro atoms. The van der Waals surface area contributed by atoms with Gasteiger partial charge >= 0.3 is 5.63 Å². The van der Waals surface area contributed by atoms with Crippen LogP contribution in [0.1, 0.15) is 11.1 Å². The Morgan fingerprint density at radius 3 is 2.62 bits per heavy atom. The number of rotatable bonds is 5. The SMILES string of the molecule is Cc1cccc(CSc2nc(-c3cc4ccccc4oc3=O)cn2-c2ccc(Cl)cc2)c1. The molecule has 0 atom stereocenters. The van der Waals surface area contributed by atoms with E-state index in [0.717, 1.165) is 22.0 Å². The molecule has 0 saturated carbocycles. The second-order valence-corrected chi connectivity index (χ2v) is 8.90. The van der Waals surface area contributed by atoms with Gasteiger partial charge in [-0.1, -0.05) is 71.4 Å². The summed E-state index contributed by atoms with van der Waals surface area (Å²) in [4.78, 5) is 17.5. The lowest BCUT2D eigenvalue weighted by molar-refractivity contribution is 0.563. The van der Waals surface area contributed by atoms with Crippen LogP contribution in [0.15, 0.2) is 99.4 Å². The number of aryl methyl sites for hydroxylation is 1. The molecular weight excluding hydrogens is 440 g/mol. The van der Waals surface area contributed by atoms with E-state index in [1.165, 1.54) is 11.1 Å². The molecule has 0 aliphatic rings. The molecule has 0 amide bonds. The number of thioether (sulfide) groups is 1. The van der Waals surface area contributed by atoms with Crippen molar-refractivity contribution in [2.75, 3.05) is 0 Å². The summed E-state index contributed by atoms with van der Waals surface area (Å²) in [7, 11) is 0. The van der Waals surface area contributed by atoms with Gasteiger partial charge in [-0.3, -0.25) is 4.57 Å². The third-order valence-corrected chi connectivity index (χ3v) is 6.42. The van der Waals surface area contributed by atoms with Gasteiger partial charge in [-0.05, 0) is 48.9 Å². The zero-order valence-electron chi connectivity index (χ0n) is 17.3. The van der Waals surface area contributed by atoms with Crippen LogP contribution in [0.4, 0.5) is 0 Å². The van der Waals surface area contributed by atoms with Gasteiger partial charge in [-0.25, -0.2) is 9.78 Å². The number of hydrogen-bond donors (Lipinski definition) is 0. The van der Waals surface area contributed by atoms with E-state index in [-0.39, 0.29) is 0 Å². The van der Waals surface area contributed by atoms with Crippen molar-refractivity contribution in [1.29, 1.82) is 0 Å². The third kappa shape index (κ3) is 4.22. The fourth-order valence-corrected chi connectivity index (χ4v) is 4.63. The highest BCUT2D eigenvalue weighted by Gasteiger charge is 2.16. The highest BCUT2D eigenvalue weighted by atomic mass is 35.5. The molecule has 2 aromatic heterocycles. The van der Waals surface area contributed by atoms with E-state index in [1.54, 1.807) is 17.8 Å². The maximum absolute atomic E-state index is 12.7. The van der Waals surface area contributed by atoms with Gasteiger partial charge in [-0.2, -0.15) is 0 Å². The van der Waals surface area contributed by atoms with Crippen LogP contribution in [0.2, 0.25) is 5.02 Å². The average Bonchev–Trinajstić information content (AvgIpc) is 3.22. The summed E-state index contributed by atoms with van der Waals surface area (Å²) < 4.78 is 7.52. The molecule has 6 heteroatoms. The molecule has 0 aliphatic heterocycles. The molecule has 0 aliphatic carbocycles. The Bertz CT molecular complexity index is 1470. The van der Waals surface area contributed by atoms with Gasteiger partial charge in [0.05, 0.1) is 11.3 Å². The number of aromatic nitrogens is 2. The smallest absolute Gasteiger partial charge is 0.345 e. The Balaban J connectivity index is 1.58. The topological polar surface area (TPSA) is 48.0 Å². The van der Waals surface area contributed by atoms with Crippen LogP contribution in [0, 0.1) is 6.92 Å². The minimum absolute atomic E-state index is 0.403. The van der Waals surface area contributed by atoms with Gasteiger partial charge in [0.15, 0.2) is 5.16 Å². The standard InChI is InChI=1S/C26H19ClN2O2S/c1-17-5-4-6-18(13-17)16-32-26-28-23(15-29(26)21-11-9-20(27)10-12-21)22-14-19-7-2-3-8-24(19)31-25(22)30/h2-15H,16H2,1H3. The van der Waals surface area contributed by atoms with Crippen molar-refractivity contribution >= 4 is 34.3 Å². The van der Waals surface area contributed by atoms with Gasteiger partial charge in [0.2, 0.25) is 0 Å². The number of nitrogens with zero attached hydrogens (tertiary/aromatic N) is 2. The average molecular weight is 459 g/mol. The summed E-state index contributed by atoms with van der Waals surface area (Å²) in [6.45, 7) is 2.08. The number of fused-ring (bicyclic) bond motifs is 1. The van der Waals surface area contributed by atoms with E-state index in [1.807, 2.05) is 59.3 Å². The minimum atomic E-state index is -0.403. The second kappa shape index (κ2) is 8.69. The van der Waals surface area contributed by atoms with Crippen LogP contribution < -0.4 is 5.63 Å². The fraction of sp³-hybridized carbons (Fsp3) is 0.0769. The van der Waals surface area contributed by atoms with Crippen LogP contribution >= 0.6 is 23.4 Å². The monoisotopic (exact) mass is 458 g/mol. The molecule has 0 saturated heterocycles. The molecule has 32 heavy (non-hydrogen) atoms. The van der Waals surface area contributed by atoms with Gasteiger partial charge < -0.3 is 4.42 Å². The fourth-order valence-electron chi connectivity index (χ4n) is 3.57. The lowest BCUT2D eigenvalue weighted by atomic mass is 10.1. The molecule has 0 bridgehead atoms. The van der Waals surface area contributed by atoms with Crippen molar-refractivity contribution in [2.45, 2.75) is 17.8 Å². The Morgan fingerprint density at radius 1 is 1.00 bits per heavy atom. The second-order valence-electron chi connectivity index (χ2n) is 7.52. The summed E-state index contributed by atoms with van der Waals surface area (Å²) in [6.07, 6.45) is 1.88. The Kier molecular flexibility index (Phi) is 5.60. The summed E-state index contributed by atoms with van der Waals surface area (Å²) in [6, 6.07) is 25.3. The highest BCUT2D eigenvalue weighted by molar-refractivity contribution is 7.98. The Labute approximate surface area is 194 Å². The minimum Gasteiger partial charge on any atom is -0.422 e. The molecule has 4 nitrogen and oxygen atoms in total. The van der Waals surface area contributed by atoms with Crippen LogP contribution in [-0.2, 0) is 5.75 Å². The lowest BCUT2D eigenvalue weighted by Crippen LogP contribution is -2.02. The van der Waals surface area contributed by atoms with Crippen molar-refractivity contribution in [3.05, 3.63) is 112 Å². The van der Waals surface area contributed by atoms with E-state index in [2.05, 4.69) is 31.2 Å². The van der Waals surface area contributed by atoms with Gasteiger partial charge in [-0.15, -0.1) is 0 Å². The van der Waals surface area contributed by atoms with Crippen LogP contribution in [0.3, 0.4) is 0 Å². The first-order valence-corrected chi connectivity index (χ1v) is 11.5. The summed E-state index contributed by atoms with van der Waals surface area (Å²) >= 11 is 7.71. The maximum atomic E-state index is 12.7. The third-order valence-electron chi connectivity index (χ3n) is 5.15. The highest BCUT2D eigenvalue weighted by Crippen LogP contribution is 2.30. The molecule has 3 aromatic carbocycles. The Hall–Kier alpha value is -3.28. The lowest BCUT2D eigenvalue weighted by Gasteiger charge is -2.08. The normalized spacial score (nSPS) is 11.2. The number of halogens is 1. The predicted octanol–water partition coefficient (Wildman–Crippen LogP) is 6.90. The quantitative estimate of drug-likeness (QED) is 0.212. The maximum Gasteiger partial charge on any atom is 0.345 e. The van der Waals surface area contributed by atoms with Crippen LogP contribution in [-0.4, -0.2) is 9.55 Å². The summed E-state index contributed by atoms with van der Waals surface area (Å²) in [5.74, 6) is 0.762. The van der Waals surface area contributed by atoms with Crippen LogP contribution in [0.25, 0.3) is 27.9 Å². The first-order valence-electron chi connectivity index (χ1n) is 10.1. The van der Waals surface area contributed by atoms with E-state index in [0.29, 0.717) is 21.9 Å². The number of benzene rings is 3. The molecule has 5 aromatic rings.